The average Bonchev–Trinajstić information content (AvgIpc) is 3.27. The molecule has 0 saturated heterocycles. The van der Waals surface area contributed by atoms with Crippen LogP contribution in [0.5, 0.6) is 0 Å². The monoisotopic (exact) mass is 374 g/mol. The molecule has 0 fully saturated rings. The molecule has 0 aliphatic heterocycles. The van der Waals surface area contributed by atoms with Crippen LogP contribution in [0.25, 0.3) is 49.3 Å². The molecule has 2 nitrogen and oxygen atoms in total. The Bertz CT molecular complexity index is 1480. The number of nitrogens with zero attached hydrogens (tertiary/aromatic N) is 2. The Hall–Kier alpha value is -3.52. The van der Waals surface area contributed by atoms with Crippen molar-refractivity contribution in [1.29, 1.82) is 0 Å². The first-order valence-electron chi connectivity index (χ1n) is 10.3. The fourth-order valence-corrected chi connectivity index (χ4v) is 4.93. The van der Waals surface area contributed by atoms with Crippen molar-refractivity contribution >= 4 is 43.6 Å². The summed E-state index contributed by atoms with van der Waals surface area (Å²) in [5.74, 6) is 0. The maximum atomic E-state index is 2.49. The molecular weight excluding hydrogens is 352 g/mol. The Morgan fingerprint density at radius 2 is 1.00 bits per heavy atom. The van der Waals surface area contributed by atoms with Gasteiger partial charge in [0, 0.05) is 33.1 Å². The SMILES string of the molecule is CC(C)n1c2ccccc2c2cccc(-n3c4ccccc4c4ccccc43)c21. The molecule has 0 N–H and O–H groups in total. The van der Waals surface area contributed by atoms with Gasteiger partial charge in [-0.05, 0) is 38.1 Å². The zero-order chi connectivity index (χ0) is 19.5. The molecule has 6 rings (SSSR count). The number of hydrogen-bond donors (Lipinski definition) is 0. The van der Waals surface area contributed by atoms with Crippen molar-refractivity contribution in [2.24, 2.45) is 0 Å². The third kappa shape index (κ3) is 2.17. The predicted molar refractivity (Wildman–Crippen MR) is 124 cm³/mol. The van der Waals surface area contributed by atoms with Crippen LogP contribution in [-0.2, 0) is 0 Å². The molecule has 0 spiro atoms. The number of para-hydroxylation sites is 4. The summed E-state index contributed by atoms with van der Waals surface area (Å²) in [4.78, 5) is 0. The molecule has 0 radical (unpaired) electrons. The molecule has 0 aliphatic carbocycles. The molecule has 0 atom stereocenters. The van der Waals surface area contributed by atoms with Gasteiger partial charge in [-0.2, -0.15) is 0 Å². The van der Waals surface area contributed by atoms with Gasteiger partial charge >= 0.3 is 0 Å². The summed E-state index contributed by atoms with van der Waals surface area (Å²) in [6, 6.07) is 33.3. The van der Waals surface area contributed by atoms with Crippen LogP contribution in [0.4, 0.5) is 0 Å². The van der Waals surface area contributed by atoms with E-state index in [0.29, 0.717) is 6.04 Å². The van der Waals surface area contributed by atoms with Crippen molar-refractivity contribution in [3.05, 3.63) is 91.0 Å². The lowest BCUT2D eigenvalue weighted by Gasteiger charge is -2.16. The Morgan fingerprint density at radius 3 is 1.59 bits per heavy atom. The highest BCUT2D eigenvalue weighted by Crippen LogP contribution is 2.39. The van der Waals surface area contributed by atoms with Gasteiger partial charge in [-0.25, -0.2) is 0 Å². The second kappa shape index (κ2) is 5.99. The van der Waals surface area contributed by atoms with E-state index in [1.165, 1.54) is 49.3 Å². The van der Waals surface area contributed by atoms with Gasteiger partial charge in [-0.15, -0.1) is 0 Å². The van der Waals surface area contributed by atoms with E-state index in [1.54, 1.807) is 0 Å². The quantitative estimate of drug-likeness (QED) is 0.297. The van der Waals surface area contributed by atoms with Crippen LogP contribution in [0.2, 0.25) is 0 Å². The van der Waals surface area contributed by atoms with Gasteiger partial charge < -0.3 is 9.13 Å². The standard InChI is InChI=1S/C27H22N2/c1-18(2)28-23-14-6-5-12-21(23)22-13-9-17-26(27(22)28)29-24-15-7-3-10-19(24)20-11-4-8-16-25(20)29/h3-18H,1-2H3. The van der Waals surface area contributed by atoms with Crippen LogP contribution in [0.15, 0.2) is 91.0 Å². The molecule has 29 heavy (non-hydrogen) atoms. The molecule has 0 unspecified atom stereocenters. The highest BCUT2D eigenvalue weighted by molar-refractivity contribution is 6.14. The van der Waals surface area contributed by atoms with Crippen molar-refractivity contribution in [2.45, 2.75) is 19.9 Å². The summed E-state index contributed by atoms with van der Waals surface area (Å²) in [7, 11) is 0. The molecule has 4 aromatic carbocycles. The van der Waals surface area contributed by atoms with Gasteiger partial charge in [-0.1, -0.05) is 66.7 Å². The maximum Gasteiger partial charge on any atom is 0.0738 e. The van der Waals surface area contributed by atoms with E-state index in [9.17, 15) is 0 Å². The average molecular weight is 374 g/mol. The number of aromatic nitrogens is 2. The van der Waals surface area contributed by atoms with E-state index in [0.717, 1.165) is 0 Å². The van der Waals surface area contributed by atoms with Gasteiger partial charge in [0.1, 0.15) is 0 Å². The molecule has 2 heteroatoms. The number of fused-ring (bicyclic) bond motifs is 6. The number of hydrogen-bond acceptors (Lipinski definition) is 0. The molecule has 0 aliphatic rings. The van der Waals surface area contributed by atoms with Gasteiger partial charge in [-0.3, -0.25) is 0 Å². The maximum absolute atomic E-state index is 2.49. The zero-order valence-corrected chi connectivity index (χ0v) is 16.6. The normalized spacial score (nSPS) is 12.1. The molecule has 6 aromatic rings. The smallest absolute Gasteiger partial charge is 0.0738 e. The van der Waals surface area contributed by atoms with Crippen LogP contribution in [0, 0.1) is 0 Å². The Labute approximate surface area is 169 Å². The fraction of sp³-hybridized carbons (Fsp3) is 0.111. The minimum atomic E-state index is 0.367. The Kier molecular flexibility index (Phi) is 3.39. The molecule has 0 amide bonds. The first kappa shape index (κ1) is 16.4. The van der Waals surface area contributed by atoms with Gasteiger partial charge in [0.2, 0.25) is 0 Å². The molecule has 2 heterocycles. The third-order valence-electron chi connectivity index (χ3n) is 6.05. The van der Waals surface area contributed by atoms with E-state index in [4.69, 9.17) is 0 Å². The fourth-order valence-electron chi connectivity index (χ4n) is 4.93. The lowest BCUT2D eigenvalue weighted by molar-refractivity contribution is 0.641. The van der Waals surface area contributed by atoms with E-state index in [2.05, 4.69) is 114 Å². The zero-order valence-electron chi connectivity index (χ0n) is 16.6. The third-order valence-corrected chi connectivity index (χ3v) is 6.05. The summed E-state index contributed by atoms with van der Waals surface area (Å²) in [5.41, 5.74) is 6.34. The first-order chi connectivity index (χ1) is 14.3. The van der Waals surface area contributed by atoms with Crippen molar-refractivity contribution in [2.75, 3.05) is 0 Å². The predicted octanol–water partition coefficient (Wildman–Crippen LogP) is 7.47. The molecule has 0 bridgehead atoms. The van der Waals surface area contributed by atoms with Crippen molar-refractivity contribution < 1.29 is 0 Å². The van der Waals surface area contributed by atoms with Crippen molar-refractivity contribution in [3.63, 3.8) is 0 Å². The highest BCUT2D eigenvalue weighted by Gasteiger charge is 2.19. The van der Waals surface area contributed by atoms with Crippen LogP contribution < -0.4 is 0 Å². The molecular formula is C27H22N2. The van der Waals surface area contributed by atoms with Gasteiger partial charge in [0.05, 0.1) is 22.2 Å². The summed E-state index contributed by atoms with van der Waals surface area (Å²) in [6.45, 7) is 4.54. The highest BCUT2D eigenvalue weighted by atomic mass is 15.1. The van der Waals surface area contributed by atoms with Gasteiger partial charge in [0.25, 0.3) is 0 Å². The largest absolute Gasteiger partial charge is 0.336 e. The first-order valence-corrected chi connectivity index (χ1v) is 10.3. The number of benzene rings is 4. The lowest BCUT2D eigenvalue weighted by atomic mass is 10.1. The topological polar surface area (TPSA) is 9.86 Å². The minimum Gasteiger partial charge on any atom is -0.336 e. The van der Waals surface area contributed by atoms with Crippen LogP contribution in [0.3, 0.4) is 0 Å². The molecule has 2 aromatic heterocycles. The van der Waals surface area contributed by atoms with Crippen LogP contribution in [0.1, 0.15) is 19.9 Å². The summed E-state index contributed by atoms with van der Waals surface area (Å²) >= 11 is 0. The lowest BCUT2D eigenvalue weighted by Crippen LogP contribution is -2.04. The molecule has 0 saturated carbocycles. The van der Waals surface area contributed by atoms with Gasteiger partial charge in [0.15, 0.2) is 0 Å². The van der Waals surface area contributed by atoms with Crippen molar-refractivity contribution in [1.82, 2.24) is 9.13 Å². The second-order valence-corrected chi connectivity index (χ2v) is 8.02. The summed E-state index contributed by atoms with van der Waals surface area (Å²) < 4.78 is 4.92. The van der Waals surface area contributed by atoms with E-state index in [-0.39, 0.29) is 0 Å². The summed E-state index contributed by atoms with van der Waals surface area (Å²) in [5, 5.41) is 5.23. The molecule has 140 valence electrons. The van der Waals surface area contributed by atoms with E-state index in [1.807, 2.05) is 0 Å². The second-order valence-electron chi connectivity index (χ2n) is 8.02. The summed E-state index contributed by atoms with van der Waals surface area (Å²) in [6.07, 6.45) is 0. The van der Waals surface area contributed by atoms with Crippen LogP contribution in [-0.4, -0.2) is 9.13 Å². The van der Waals surface area contributed by atoms with E-state index < -0.39 is 0 Å². The van der Waals surface area contributed by atoms with Crippen LogP contribution >= 0.6 is 0 Å². The Balaban J connectivity index is 1.87. The van der Waals surface area contributed by atoms with Crippen molar-refractivity contribution in [3.8, 4) is 5.69 Å². The minimum absolute atomic E-state index is 0.367. The number of rotatable bonds is 2. The Morgan fingerprint density at radius 1 is 0.517 bits per heavy atom. The van der Waals surface area contributed by atoms with E-state index >= 15 is 0 Å².